The number of nitrogens with zero attached hydrogens (tertiary/aromatic N) is 3. The van der Waals surface area contributed by atoms with Crippen molar-refractivity contribution in [1.29, 1.82) is 0 Å². The second-order valence-corrected chi connectivity index (χ2v) is 5.98. The van der Waals surface area contributed by atoms with Crippen LogP contribution in [-0.4, -0.2) is 26.6 Å². The summed E-state index contributed by atoms with van der Waals surface area (Å²) >= 11 is 0. The van der Waals surface area contributed by atoms with Crippen LogP contribution in [0.1, 0.15) is 11.7 Å². The van der Waals surface area contributed by atoms with Crippen molar-refractivity contribution in [2.45, 2.75) is 6.10 Å². The van der Waals surface area contributed by atoms with E-state index in [2.05, 4.69) is 32.4 Å². The number of rotatable bonds is 5. The Balaban J connectivity index is 1.43. The molecule has 0 aliphatic carbocycles. The average Bonchev–Trinajstić information content (AvgIpc) is 2.72. The van der Waals surface area contributed by atoms with Crippen LogP contribution in [0.5, 0.6) is 0 Å². The Bertz CT molecular complexity index is 1000. The van der Waals surface area contributed by atoms with E-state index < -0.39 is 6.10 Å². The number of hydrogen-bond acceptors (Lipinski definition) is 5. The Morgan fingerprint density at radius 1 is 0.808 bits per heavy atom. The van der Waals surface area contributed by atoms with Crippen molar-refractivity contribution in [3.8, 4) is 11.1 Å². The van der Waals surface area contributed by atoms with E-state index in [0.717, 1.165) is 22.2 Å². The number of anilines is 1. The van der Waals surface area contributed by atoms with E-state index in [0.29, 0.717) is 18.0 Å². The molecule has 1 unspecified atom stereocenters. The molecule has 0 aliphatic heterocycles. The molecule has 2 heterocycles. The molecular weight excluding hydrogens is 324 g/mol. The third-order valence-corrected chi connectivity index (χ3v) is 4.21. The molecule has 0 radical (unpaired) electrons. The van der Waals surface area contributed by atoms with Crippen LogP contribution in [-0.2, 0) is 0 Å². The number of aliphatic hydroxyl groups excluding tert-OH is 1. The maximum atomic E-state index is 10.4. The van der Waals surface area contributed by atoms with Crippen LogP contribution in [0, 0.1) is 0 Å². The summed E-state index contributed by atoms with van der Waals surface area (Å²) in [6, 6.07) is 21.8. The minimum Gasteiger partial charge on any atom is -0.387 e. The molecule has 0 saturated carbocycles. The highest BCUT2D eigenvalue weighted by Gasteiger charge is 2.09. The summed E-state index contributed by atoms with van der Waals surface area (Å²) in [6.07, 6.45) is 2.63. The predicted octanol–water partition coefficient (Wildman–Crippen LogP) is 3.84. The largest absolute Gasteiger partial charge is 0.387 e. The van der Waals surface area contributed by atoms with Gasteiger partial charge in [-0.2, -0.15) is 0 Å². The van der Waals surface area contributed by atoms with E-state index in [-0.39, 0.29) is 0 Å². The second kappa shape index (κ2) is 7.29. The third-order valence-electron chi connectivity index (χ3n) is 4.21. The van der Waals surface area contributed by atoms with Crippen LogP contribution >= 0.6 is 0 Å². The molecular formula is C21H18N4O. The highest BCUT2D eigenvalue weighted by molar-refractivity contribution is 5.71. The maximum Gasteiger partial charge on any atom is 0.180 e. The second-order valence-electron chi connectivity index (χ2n) is 5.98. The van der Waals surface area contributed by atoms with Crippen molar-refractivity contribution in [3.63, 3.8) is 0 Å². The molecule has 0 spiro atoms. The Hall–Kier alpha value is -3.31. The third kappa shape index (κ3) is 3.53. The minimum absolute atomic E-state index is 0.365. The SMILES string of the molecule is OC(CNc1ccc2nccnc2n1)c1ccc(-c2ccccc2)cc1. The molecule has 0 saturated heterocycles. The van der Waals surface area contributed by atoms with Crippen molar-refractivity contribution in [1.82, 2.24) is 15.0 Å². The Morgan fingerprint density at radius 2 is 1.54 bits per heavy atom. The van der Waals surface area contributed by atoms with Gasteiger partial charge in [-0.3, -0.25) is 4.98 Å². The first-order chi connectivity index (χ1) is 12.8. The molecule has 0 fully saturated rings. The Labute approximate surface area is 151 Å². The summed E-state index contributed by atoms with van der Waals surface area (Å²) in [5, 5.41) is 13.6. The lowest BCUT2D eigenvalue weighted by atomic mass is 10.0. The molecule has 26 heavy (non-hydrogen) atoms. The van der Waals surface area contributed by atoms with E-state index in [4.69, 9.17) is 0 Å². The standard InChI is InChI=1S/C21H18N4O/c26-19(14-24-20-11-10-18-21(25-20)23-13-12-22-18)17-8-6-16(7-9-17)15-4-2-1-3-5-15/h1-13,19,26H,14H2,(H,23,24,25). The monoisotopic (exact) mass is 342 g/mol. The fourth-order valence-corrected chi connectivity index (χ4v) is 2.80. The molecule has 0 bridgehead atoms. The van der Waals surface area contributed by atoms with Gasteiger partial charge < -0.3 is 10.4 Å². The van der Waals surface area contributed by atoms with Gasteiger partial charge in [0.2, 0.25) is 0 Å². The zero-order chi connectivity index (χ0) is 17.8. The van der Waals surface area contributed by atoms with Gasteiger partial charge in [0.1, 0.15) is 11.3 Å². The van der Waals surface area contributed by atoms with E-state index in [9.17, 15) is 5.11 Å². The lowest BCUT2D eigenvalue weighted by Crippen LogP contribution is -2.13. The van der Waals surface area contributed by atoms with Gasteiger partial charge in [-0.05, 0) is 28.8 Å². The summed E-state index contributed by atoms with van der Waals surface area (Å²) in [6.45, 7) is 0.365. The Kier molecular flexibility index (Phi) is 4.53. The molecule has 2 N–H and O–H groups in total. The average molecular weight is 342 g/mol. The van der Waals surface area contributed by atoms with Gasteiger partial charge in [0.25, 0.3) is 0 Å². The molecule has 4 aromatic rings. The molecule has 2 aromatic carbocycles. The van der Waals surface area contributed by atoms with Gasteiger partial charge >= 0.3 is 0 Å². The molecule has 128 valence electrons. The van der Waals surface area contributed by atoms with E-state index in [1.54, 1.807) is 12.4 Å². The smallest absolute Gasteiger partial charge is 0.180 e. The summed E-state index contributed by atoms with van der Waals surface area (Å²) in [5.74, 6) is 0.665. The first kappa shape index (κ1) is 16.2. The fraction of sp³-hybridized carbons (Fsp3) is 0.0952. The molecule has 0 aliphatic rings. The number of pyridine rings is 1. The summed E-state index contributed by atoms with van der Waals surface area (Å²) in [4.78, 5) is 12.8. The topological polar surface area (TPSA) is 70.9 Å². The van der Waals surface area contributed by atoms with Gasteiger partial charge in [-0.15, -0.1) is 0 Å². The van der Waals surface area contributed by atoms with E-state index in [1.165, 1.54) is 0 Å². The van der Waals surface area contributed by atoms with E-state index >= 15 is 0 Å². The molecule has 1 atom stereocenters. The lowest BCUT2D eigenvalue weighted by Gasteiger charge is -2.13. The van der Waals surface area contributed by atoms with Gasteiger partial charge in [-0.25, -0.2) is 9.97 Å². The van der Waals surface area contributed by atoms with E-state index in [1.807, 2.05) is 54.6 Å². The number of benzene rings is 2. The van der Waals surface area contributed by atoms with Crippen LogP contribution in [0.2, 0.25) is 0 Å². The van der Waals surface area contributed by atoms with Gasteiger partial charge in [0, 0.05) is 18.9 Å². The highest BCUT2D eigenvalue weighted by Crippen LogP contribution is 2.22. The number of fused-ring (bicyclic) bond motifs is 1. The number of aliphatic hydroxyl groups is 1. The van der Waals surface area contributed by atoms with Crippen molar-refractivity contribution in [2.24, 2.45) is 0 Å². The zero-order valence-electron chi connectivity index (χ0n) is 14.1. The molecule has 4 rings (SSSR count). The molecule has 2 aromatic heterocycles. The van der Waals surface area contributed by atoms with Gasteiger partial charge in [0.15, 0.2) is 5.65 Å². The zero-order valence-corrected chi connectivity index (χ0v) is 14.1. The van der Waals surface area contributed by atoms with Crippen LogP contribution in [0.3, 0.4) is 0 Å². The van der Waals surface area contributed by atoms with Crippen LogP contribution < -0.4 is 5.32 Å². The van der Waals surface area contributed by atoms with Crippen molar-refractivity contribution < 1.29 is 5.11 Å². The van der Waals surface area contributed by atoms with Gasteiger partial charge in [0.05, 0.1) is 6.10 Å². The lowest BCUT2D eigenvalue weighted by molar-refractivity contribution is 0.191. The number of nitrogens with one attached hydrogen (secondary N) is 1. The minimum atomic E-state index is -0.626. The van der Waals surface area contributed by atoms with Crippen LogP contribution in [0.15, 0.2) is 79.1 Å². The predicted molar refractivity (Wildman–Crippen MR) is 103 cm³/mol. The highest BCUT2D eigenvalue weighted by atomic mass is 16.3. The number of aromatic nitrogens is 3. The van der Waals surface area contributed by atoms with Crippen LogP contribution in [0.25, 0.3) is 22.3 Å². The summed E-state index contributed by atoms with van der Waals surface area (Å²) in [5.41, 5.74) is 4.48. The first-order valence-corrected chi connectivity index (χ1v) is 8.45. The van der Waals surface area contributed by atoms with Crippen LogP contribution in [0.4, 0.5) is 5.82 Å². The quantitative estimate of drug-likeness (QED) is 0.577. The number of hydrogen-bond donors (Lipinski definition) is 2. The van der Waals surface area contributed by atoms with Gasteiger partial charge in [-0.1, -0.05) is 54.6 Å². The van der Waals surface area contributed by atoms with Crippen molar-refractivity contribution in [3.05, 3.63) is 84.7 Å². The summed E-state index contributed by atoms with van der Waals surface area (Å²) in [7, 11) is 0. The summed E-state index contributed by atoms with van der Waals surface area (Å²) < 4.78 is 0. The molecule has 5 nitrogen and oxygen atoms in total. The molecule has 5 heteroatoms. The van der Waals surface area contributed by atoms with Crippen molar-refractivity contribution >= 4 is 17.0 Å². The Morgan fingerprint density at radius 3 is 2.35 bits per heavy atom. The molecule has 0 amide bonds. The normalized spacial score (nSPS) is 12.0. The fourth-order valence-electron chi connectivity index (χ4n) is 2.80. The van der Waals surface area contributed by atoms with Crippen molar-refractivity contribution in [2.75, 3.05) is 11.9 Å². The first-order valence-electron chi connectivity index (χ1n) is 8.45. The maximum absolute atomic E-state index is 10.4.